The van der Waals surface area contributed by atoms with Gasteiger partial charge in [0.25, 0.3) is 5.69 Å². The number of aromatic nitrogens is 1. The molecule has 5 nitrogen and oxygen atoms in total. The van der Waals surface area contributed by atoms with Crippen molar-refractivity contribution in [1.82, 2.24) is 4.90 Å². The van der Waals surface area contributed by atoms with E-state index in [-0.39, 0.29) is 23.8 Å². The second-order valence-electron chi connectivity index (χ2n) is 5.47. The first-order chi connectivity index (χ1) is 10.6. The Balaban J connectivity index is 1.82. The summed E-state index contributed by atoms with van der Waals surface area (Å²) in [6.07, 6.45) is 1.09. The number of rotatable bonds is 2. The van der Waals surface area contributed by atoms with Gasteiger partial charge >= 0.3 is 5.91 Å². The molecule has 5 heteroatoms. The van der Waals surface area contributed by atoms with Crippen LogP contribution in [-0.2, 0) is 4.74 Å². The summed E-state index contributed by atoms with van der Waals surface area (Å²) >= 11 is 0. The number of carbonyl (C=O) groups excluding carboxylic acids is 1. The van der Waals surface area contributed by atoms with Crippen LogP contribution >= 0.6 is 0 Å². The van der Waals surface area contributed by atoms with Gasteiger partial charge < -0.3 is 14.8 Å². The lowest BCUT2D eigenvalue weighted by Crippen LogP contribution is -2.49. The van der Waals surface area contributed by atoms with E-state index in [9.17, 15) is 10.0 Å². The Morgan fingerprint density at radius 2 is 1.91 bits per heavy atom. The molecule has 2 heterocycles. The number of morpholine rings is 1. The lowest BCUT2D eigenvalue weighted by atomic mass is 10.1. The molecule has 114 valence electrons. The molecular formula is C17H18N2O3. The zero-order chi connectivity index (χ0) is 15.5. The van der Waals surface area contributed by atoms with Crippen molar-refractivity contribution in [2.45, 2.75) is 19.1 Å². The van der Waals surface area contributed by atoms with Crippen molar-refractivity contribution in [3.05, 3.63) is 71.2 Å². The van der Waals surface area contributed by atoms with Crippen LogP contribution in [0.15, 0.2) is 54.7 Å². The topological polar surface area (TPSA) is 56.5 Å². The molecule has 0 radical (unpaired) electrons. The van der Waals surface area contributed by atoms with Crippen LogP contribution in [0.1, 0.15) is 29.1 Å². The molecule has 2 aromatic rings. The molecule has 1 aromatic carbocycles. The summed E-state index contributed by atoms with van der Waals surface area (Å²) in [5, 5.41) is 11.8. The summed E-state index contributed by atoms with van der Waals surface area (Å²) in [6.45, 7) is 2.87. The van der Waals surface area contributed by atoms with E-state index in [2.05, 4.69) is 0 Å². The van der Waals surface area contributed by atoms with E-state index >= 15 is 0 Å². The van der Waals surface area contributed by atoms with Crippen molar-refractivity contribution in [2.75, 3.05) is 13.1 Å². The van der Waals surface area contributed by atoms with Gasteiger partial charge in [0.2, 0.25) is 0 Å². The second kappa shape index (κ2) is 6.15. The number of hydrogen-bond acceptors (Lipinski definition) is 3. The minimum absolute atomic E-state index is 0.0771. The van der Waals surface area contributed by atoms with Gasteiger partial charge in [0.05, 0.1) is 12.6 Å². The molecule has 1 aliphatic heterocycles. The Morgan fingerprint density at radius 3 is 2.64 bits per heavy atom. The first-order valence-electron chi connectivity index (χ1n) is 7.33. The van der Waals surface area contributed by atoms with Gasteiger partial charge in [-0.3, -0.25) is 4.79 Å². The molecule has 1 amide bonds. The lowest BCUT2D eigenvalue weighted by molar-refractivity contribution is -0.608. The summed E-state index contributed by atoms with van der Waals surface area (Å²) in [5.74, 6) is -0.258. The largest absolute Gasteiger partial charge is 0.618 e. The monoisotopic (exact) mass is 298 g/mol. The van der Waals surface area contributed by atoms with Crippen molar-refractivity contribution < 1.29 is 14.3 Å². The van der Waals surface area contributed by atoms with Crippen LogP contribution in [0.2, 0.25) is 0 Å². The highest BCUT2D eigenvalue weighted by Gasteiger charge is 2.32. The van der Waals surface area contributed by atoms with Gasteiger partial charge in [0.15, 0.2) is 6.20 Å². The van der Waals surface area contributed by atoms with E-state index in [0.29, 0.717) is 17.8 Å². The minimum atomic E-state index is -0.258. The molecule has 2 atom stereocenters. The van der Waals surface area contributed by atoms with Gasteiger partial charge in [0, 0.05) is 18.7 Å². The highest BCUT2D eigenvalue weighted by molar-refractivity contribution is 5.91. The molecule has 0 N–H and O–H groups in total. The first-order valence-corrected chi connectivity index (χ1v) is 7.33. The van der Waals surface area contributed by atoms with Gasteiger partial charge in [-0.25, -0.2) is 0 Å². The maximum absolute atomic E-state index is 12.6. The Morgan fingerprint density at radius 1 is 1.18 bits per heavy atom. The summed E-state index contributed by atoms with van der Waals surface area (Å²) in [4.78, 5) is 14.3. The standard InChI is InChI=1S/C17H18N2O3/c1-13-11-18(17(20)15-9-5-6-10-19(15)21)12-16(22-13)14-7-3-2-4-8-14/h2-10,13,16H,11-12H2,1H3. The quantitative estimate of drug-likeness (QED) is 0.629. The smallest absolute Gasteiger partial charge is 0.320 e. The molecule has 0 spiro atoms. The van der Waals surface area contributed by atoms with Crippen molar-refractivity contribution in [3.63, 3.8) is 0 Å². The van der Waals surface area contributed by atoms with Crippen molar-refractivity contribution in [1.29, 1.82) is 0 Å². The average molecular weight is 298 g/mol. The maximum Gasteiger partial charge on any atom is 0.320 e. The summed E-state index contributed by atoms with van der Waals surface area (Å²) in [7, 11) is 0. The highest BCUT2D eigenvalue weighted by atomic mass is 16.5. The summed E-state index contributed by atoms with van der Waals surface area (Å²) in [6, 6.07) is 14.7. The van der Waals surface area contributed by atoms with Crippen molar-refractivity contribution in [2.24, 2.45) is 0 Å². The highest BCUT2D eigenvalue weighted by Crippen LogP contribution is 2.25. The molecule has 0 aliphatic carbocycles. The number of carbonyl (C=O) groups is 1. The van der Waals surface area contributed by atoms with E-state index in [1.165, 1.54) is 6.20 Å². The molecule has 1 saturated heterocycles. The molecule has 0 bridgehead atoms. The van der Waals surface area contributed by atoms with Crippen LogP contribution < -0.4 is 4.73 Å². The number of benzene rings is 1. The van der Waals surface area contributed by atoms with Crippen molar-refractivity contribution in [3.8, 4) is 0 Å². The fourth-order valence-corrected chi connectivity index (χ4v) is 2.72. The third-order valence-corrected chi connectivity index (χ3v) is 3.76. The van der Waals surface area contributed by atoms with E-state index < -0.39 is 0 Å². The van der Waals surface area contributed by atoms with Crippen LogP contribution in [0.3, 0.4) is 0 Å². The molecule has 1 aliphatic rings. The van der Waals surface area contributed by atoms with Crippen molar-refractivity contribution >= 4 is 5.91 Å². The molecule has 1 aromatic heterocycles. The number of hydrogen-bond donors (Lipinski definition) is 0. The maximum atomic E-state index is 12.6. The number of nitrogens with zero attached hydrogens (tertiary/aromatic N) is 2. The molecule has 3 rings (SSSR count). The predicted molar refractivity (Wildman–Crippen MR) is 81.0 cm³/mol. The second-order valence-corrected chi connectivity index (χ2v) is 5.47. The number of pyridine rings is 1. The Labute approximate surface area is 129 Å². The van der Waals surface area contributed by atoms with Crippen LogP contribution in [0.4, 0.5) is 0 Å². The van der Waals surface area contributed by atoms with Gasteiger partial charge in [-0.1, -0.05) is 30.3 Å². The van der Waals surface area contributed by atoms with Gasteiger partial charge in [-0.05, 0) is 18.6 Å². The van der Waals surface area contributed by atoms with Gasteiger partial charge in [-0.2, -0.15) is 4.73 Å². The van der Waals surface area contributed by atoms with Crippen LogP contribution in [0, 0.1) is 5.21 Å². The summed E-state index contributed by atoms with van der Waals surface area (Å²) < 4.78 is 6.55. The Hall–Kier alpha value is -2.40. The zero-order valence-corrected chi connectivity index (χ0v) is 12.4. The van der Waals surface area contributed by atoms with E-state index in [0.717, 1.165) is 5.56 Å². The third-order valence-electron chi connectivity index (χ3n) is 3.76. The van der Waals surface area contributed by atoms with Crippen LogP contribution in [0.5, 0.6) is 0 Å². The fraction of sp³-hybridized carbons (Fsp3) is 0.294. The molecule has 22 heavy (non-hydrogen) atoms. The predicted octanol–water partition coefficient (Wildman–Crippen LogP) is 1.92. The van der Waals surface area contributed by atoms with E-state index in [1.54, 1.807) is 23.1 Å². The number of ether oxygens (including phenoxy) is 1. The van der Waals surface area contributed by atoms with E-state index in [1.807, 2.05) is 37.3 Å². The zero-order valence-electron chi connectivity index (χ0n) is 12.4. The Bertz CT molecular complexity index is 660. The average Bonchev–Trinajstić information content (AvgIpc) is 2.55. The first kappa shape index (κ1) is 14.5. The lowest BCUT2D eigenvalue weighted by Gasteiger charge is -2.36. The third kappa shape index (κ3) is 2.94. The summed E-state index contributed by atoms with van der Waals surface area (Å²) in [5.41, 5.74) is 1.18. The molecule has 0 saturated carbocycles. The van der Waals surface area contributed by atoms with E-state index in [4.69, 9.17) is 4.74 Å². The normalized spacial score (nSPS) is 21.6. The molecular weight excluding hydrogens is 280 g/mol. The van der Waals surface area contributed by atoms with Gasteiger partial charge in [-0.15, -0.1) is 0 Å². The number of amides is 1. The van der Waals surface area contributed by atoms with Crippen LogP contribution in [0.25, 0.3) is 0 Å². The molecule has 2 unspecified atom stereocenters. The molecule has 1 fully saturated rings. The fourth-order valence-electron chi connectivity index (χ4n) is 2.72. The van der Waals surface area contributed by atoms with Gasteiger partial charge in [0.1, 0.15) is 6.10 Å². The SMILES string of the molecule is CC1CN(C(=O)c2cccc[n+]2[O-])CC(c2ccccc2)O1. The Kier molecular flexibility index (Phi) is 4.06. The minimum Gasteiger partial charge on any atom is -0.618 e. The van der Waals surface area contributed by atoms with Crippen LogP contribution in [-0.4, -0.2) is 30.0 Å².